The summed E-state index contributed by atoms with van der Waals surface area (Å²) in [5.74, 6) is 0. The van der Waals surface area contributed by atoms with Gasteiger partial charge in [0.25, 0.3) is 0 Å². The molecular weight excluding hydrogens is 637 g/mol. The van der Waals surface area contributed by atoms with Crippen molar-refractivity contribution in [3.05, 3.63) is 194 Å². The highest BCUT2D eigenvalue weighted by Gasteiger charge is 2.16. The highest BCUT2D eigenvalue weighted by atomic mass is 32.1. The van der Waals surface area contributed by atoms with Gasteiger partial charge in [-0.1, -0.05) is 115 Å². The van der Waals surface area contributed by atoms with Gasteiger partial charge in [-0.25, -0.2) is 0 Å². The van der Waals surface area contributed by atoms with Crippen LogP contribution in [0.1, 0.15) is 0 Å². The molecule has 0 atom stereocenters. The van der Waals surface area contributed by atoms with E-state index >= 15 is 0 Å². The first-order chi connectivity index (χ1) is 25.3. The number of rotatable bonds is 6. The second-order valence-electron chi connectivity index (χ2n) is 13.0. The predicted molar refractivity (Wildman–Crippen MR) is 219 cm³/mol. The van der Waals surface area contributed by atoms with Crippen LogP contribution in [0.4, 0.5) is 17.1 Å². The Morgan fingerprint density at radius 3 is 1.67 bits per heavy atom. The molecule has 240 valence electrons. The van der Waals surface area contributed by atoms with E-state index in [1.54, 1.807) is 0 Å². The molecule has 10 aromatic rings. The third kappa shape index (κ3) is 5.10. The average molecular weight is 669 g/mol. The van der Waals surface area contributed by atoms with Gasteiger partial charge < -0.3 is 9.47 Å². The number of thiophene rings is 1. The molecule has 0 aliphatic carbocycles. The van der Waals surface area contributed by atoms with Gasteiger partial charge in [-0.2, -0.15) is 0 Å². The van der Waals surface area contributed by atoms with E-state index in [0.717, 1.165) is 17.1 Å². The van der Waals surface area contributed by atoms with Crippen molar-refractivity contribution in [1.82, 2.24) is 4.57 Å². The summed E-state index contributed by atoms with van der Waals surface area (Å²) in [6.07, 6.45) is 0. The number of para-hydroxylation sites is 3. The summed E-state index contributed by atoms with van der Waals surface area (Å²) < 4.78 is 5.08. The Labute approximate surface area is 300 Å². The number of nitrogens with zero attached hydrogens (tertiary/aromatic N) is 2. The number of hydrogen-bond donors (Lipinski definition) is 0. The van der Waals surface area contributed by atoms with Gasteiger partial charge in [0.1, 0.15) is 0 Å². The molecule has 0 saturated heterocycles. The molecule has 51 heavy (non-hydrogen) atoms. The van der Waals surface area contributed by atoms with Crippen LogP contribution in [0.3, 0.4) is 0 Å². The fourth-order valence-corrected chi connectivity index (χ4v) is 8.67. The van der Waals surface area contributed by atoms with Crippen molar-refractivity contribution in [2.45, 2.75) is 0 Å². The van der Waals surface area contributed by atoms with Crippen LogP contribution in [0.2, 0.25) is 0 Å². The highest BCUT2D eigenvalue weighted by Crippen LogP contribution is 2.40. The lowest BCUT2D eigenvalue weighted by atomic mass is 9.97. The molecule has 0 N–H and O–H groups in total. The van der Waals surface area contributed by atoms with Gasteiger partial charge in [-0.3, -0.25) is 0 Å². The summed E-state index contributed by atoms with van der Waals surface area (Å²) >= 11 is 1.86. The summed E-state index contributed by atoms with van der Waals surface area (Å²) in [4.78, 5) is 2.32. The SMILES string of the molecule is c1ccc(N(c2ccccc2)c2cccc(-c3cccc(-c4ccc5c6ccccc6n(-c6ccc7sc8ccccc8c7c6)c5c4)c3)c2)cc1. The standard InChI is InChI=1S/C48H32N2S/c1-3-16-37(17-4-1)49(38-18-5-2-6-19-38)39-20-12-15-35(30-39)33-13-11-14-34(29-33)36-25-27-42-41-21-7-9-23-45(41)50(46(42)31-36)40-26-28-48-44(32-40)43-22-8-10-24-47(43)51-48/h1-32H. The van der Waals surface area contributed by atoms with E-state index in [4.69, 9.17) is 0 Å². The Balaban J connectivity index is 1.09. The molecule has 0 unspecified atom stereocenters. The maximum Gasteiger partial charge on any atom is 0.0547 e. The molecule has 0 saturated carbocycles. The summed E-state index contributed by atoms with van der Waals surface area (Å²) in [6.45, 7) is 0. The zero-order valence-electron chi connectivity index (χ0n) is 27.8. The number of benzene rings is 8. The largest absolute Gasteiger partial charge is 0.310 e. The van der Waals surface area contributed by atoms with E-state index in [-0.39, 0.29) is 0 Å². The van der Waals surface area contributed by atoms with Crippen molar-refractivity contribution in [2.24, 2.45) is 0 Å². The monoisotopic (exact) mass is 668 g/mol. The van der Waals surface area contributed by atoms with E-state index in [9.17, 15) is 0 Å². The summed E-state index contributed by atoms with van der Waals surface area (Å²) in [6, 6.07) is 70.3. The second kappa shape index (κ2) is 12.2. The van der Waals surface area contributed by atoms with Gasteiger partial charge in [-0.05, 0) is 101 Å². The van der Waals surface area contributed by atoms with Gasteiger partial charge in [0.2, 0.25) is 0 Å². The minimum atomic E-state index is 1.12. The number of anilines is 3. The summed E-state index contributed by atoms with van der Waals surface area (Å²) in [5.41, 5.74) is 11.7. The molecule has 2 heterocycles. The molecule has 0 bridgehead atoms. The molecule has 2 aromatic heterocycles. The molecule has 0 radical (unpaired) electrons. The lowest BCUT2D eigenvalue weighted by Crippen LogP contribution is -2.09. The quantitative estimate of drug-likeness (QED) is 0.171. The molecule has 8 aromatic carbocycles. The predicted octanol–water partition coefficient (Wildman–Crippen LogP) is 14.0. The van der Waals surface area contributed by atoms with E-state index in [2.05, 4.69) is 204 Å². The Morgan fingerprint density at radius 2 is 0.902 bits per heavy atom. The maximum atomic E-state index is 2.44. The van der Waals surface area contributed by atoms with E-state index in [1.165, 1.54) is 69.9 Å². The zero-order valence-corrected chi connectivity index (χ0v) is 28.6. The maximum absolute atomic E-state index is 2.44. The molecule has 2 nitrogen and oxygen atoms in total. The third-order valence-electron chi connectivity index (χ3n) is 9.95. The number of aromatic nitrogens is 1. The minimum absolute atomic E-state index is 1.12. The van der Waals surface area contributed by atoms with Crippen molar-refractivity contribution in [3.63, 3.8) is 0 Å². The molecule has 10 rings (SSSR count). The Hall–Kier alpha value is -6.42. The topological polar surface area (TPSA) is 8.17 Å². The first-order valence-corrected chi connectivity index (χ1v) is 18.2. The Kier molecular flexibility index (Phi) is 7.04. The lowest BCUT2D eigenvalue weighted by molar-refractivity contribution is 1.19. The van der Waals surface area contributed by atoms with E-state index < -0.39 is 0 Å². The summed E-state index contributed by atoms with van der Waals surface area (Å²) in [5, 5.41) is 5.15. The van der Waals surface area contributed by atoms with Gasteiger partial charge in [-0.15, -0.1) is 11.3 Å². The van der Waals surface area contributed by atoms with Crippen LogP contribution in [0.5, 0.6) is 0 Å². The molecule has 0 spiro atoms. The van der Waals surface area contributed by atoms with Gasteiger partial charge in [0.15, 0.2) is 0 Å². The van der Waals surface area contributed by atoms with Crippen LogP contribution in [0.15, 0.2) is 194 Å². The smallest absolute Gasteiger partial charge is 0.0547 e. The van der Waals surface area contributed by atoms with Crippen LogP contribution in [0, 0.1) is 0 Å². The van der Waals surface area contributed by atoms with Crippen LogP contribution >= 0.6 is 11.3 Å². The molecule has 0 aliphatic rings. The van der Waals surface area contributed by atoms with Crippen LogP contribution in [0.25, 0.3) is 69.9 Å². The van der Waals surface area contributed by atoms with Crippen molar-refractivity contribution in [3.8, 4) is 27.9 Å². The Bertz CT molecular complexity index is 2830. The average Bonchev–Trinajstić information content (AvgIpc) is 3.74. The fraction of sp³-hybridized carbons (Fsp3) is 0. The van der Waals surface area contributed by atoms with Crippen molar-refractivity contribution in [2.75, 3.05) is 4.90 Å². The molecule has 3 heteroatoms. The first kappa shape index (κ1) is 29.5. The fourth-order valence-electron chi connectivity index (χ4n) is 7.59. The number of hydrogen-bond acceptors (Lipinski definition) is 2. The normalized spacial score (nSPS) is 11.5. The minimum Gasteiger partial charge on any atom is -0.310 e. The summed E-state index contributed by atoms with van der Waals surface area (Å²) in [7, 11) is 0. The van der Waals surface area contributed by atoms with Crippen molar-refractivity contribution < 1.29 is 0 Å². The van der Waals surface area contributed by atoms with E-state index in [0.29, 0.717) is 0 Å². The highest BCUT2D eigenvalue weighted by molar-refractivity contribution is 7.25. The Morgan fingerprint density at radius 1 is 0.333 bits per heavy atom. The zero-order chi connectivity index (χ0) is 33.7. The van der Waals surface area contributed by atoms with E-state index in [1.807, 2.05) is 11.3 Å². The first-order valence-electron chi connectivity index (χ1n) is 17.3. The van der Waals surface area contributed by atoms with Crippen molar-refractivity contribution >= 4 is 70.4 Å². The third-order valence-corrected chi connectivity index (χ3v) is 11.1. The second-order valence-corrected chi connectivity index (χ2v) is 14.1. The number of fused-ring (bicyclic) bond motifs is 6. The lowest BCUT2D eigenvalue weighted by Gasteiger charge is -2.26. The molecule has 0 aliphatic heterocycles. The molecule has 0 fully saturated rings. The van der Waals surface area contributed by atoms with Crippen LogP contribution in [-0.4, -0.2) is 4.57 Å². The van der Waals surface area contributed by atoms with Crippen LogP contribution in [-0.2, 0) is 0 Å². The molecule has 0 amide bonds. The van der Waals surface area contributed by atoms with Gasteiger partial charge >= 0.3 is 0 Å². The van der Waals surface area contributed by atoms with Gasteiger partial charge in [0.05, 0.1) is 11.0 Å². The molecular formula is C48H32N2S. The van der Waals surface area contributed by atoms with Crippen LogP contribution < -0.4 is 4.90 Å². The van der Waals surface area contributed by atoms with Gasteiger partial charge in [0, 0.05) is 53.7 Å². The van der Waals surface area contributed by atoms with Crippen molar-refractivity contribution in [1.29, 1.82) is 0 Å².